The topological polar surface area (TPSA) is 91.1 Å². The van der Waals surface area contributed by atoms with Crippen molar-refractivity contribution in [2.45, 2.75) is 25.9 Å². The second kappa shape index (κ2) is 9.77. The molecule has 1 saturated heterocycles. The van der Waals surface area contributed by atoms with Crippen LogP contribution in [0.1, 0.15) is 30.1 Å². The Hall–Kier alpha value is -2.84. The Labute approximate surface area is 179 Å². The van der Waals surface area contributed by atoms with Gasteiger partial charge in [0.2, 0.25) is 5.75 Å². The summed E-state index contributed by atoms with van der Waals surface area (Å²) in [5.74, 6) is 0.422. The lowest BCUT2D eigenvalue weighted by atomic mass is 10.1. The molecule has 30 heavy (non-hydrogen) atoms. The van der Waals surface area contributed by atoms with Crippen LogP contribution in [0.15, 0.2) is 36.4 Å². The Kier molecular flexibility index (Phi) is 7.12. The zero-order chi connectivity index (χ0) is 21.7. The standard InChI is InChI=1S/C21H23ClN2O6/c1-3-23(13-16-5-4-10-29-16)21(25)14-6-8-19(20(11-14)28-2)30-18-9-7-15(22)12-17(18)24(26)27/h6-9,11-12,16H,3-5,10,13H2,1-2H3. The Morgan fingerprint density at radius 3 is 2.67 bits per heavy atom. The van der Waals surface area contributed by atoms with E-state index in [1.165, 1.54) is 25.3 Å². The van der Waals surface area contributed by atoms with Crippen LogP contribution >= 0.6 is 11.6 Å². The maximum atomic E-state index is 13.0. The minimum Gasteiger partial charge on any atom is -0.493 e. The SMILES string of the molecule is CCN(CC1CCCO1)C(=O)c1ccc(Oc2ccc(Cl)cc2[N+](=O)[O-])c(OC)c1. The summed E-state index contributed by atoms with van der Waals surface area (Å²) < 4.78 is 16.7. The third kappa shape index (κ3) is 5.01. The van der Waals surface area contributed by atoms with Crippen molar-refractivity contribution in [3.63, 3.8) is 0 Å². The molecule has 1 atom stereocenters. The van der Waals surface area contributed by atoms with Crippen molar-refractivity contribution in [1.29, 1.82) is 0 Å². The largest absolute Gasteiger partial charge is 0.493 e. The molecule has 0 N–H and O–H groups in total. The van der Waals surface area contributed by atoms with Crippen LogP contribution < -0.4 is 9.47 Å². The van der Waals surface area contributed by atoms with Gasteiger partial charge in [-0.2, -0.15) is 0 Å². The average molecular weight is 435 g/mol. The number of nitrogens with zero attached hydrogens (tertiary/aromatic N) is 2. The van der Waals surface area contributed by atoms with Crippen LogP contribution in [0.25, 0.3) is 0 Å². The number of carbonyl (C=O) groups is 1. The number of nitro groups is 1. The smallest absolute Gasteiger partial charge is 0.313 e. The van der Waals surface area contributed by atoms with Gasteiger partial charge in [-0.1, -0.05) is 11.6 Å². The predicted octanol–water partition coefficient (Wildman–Crippen LogP) is 4.69. The molecular formula is C21H23ClN2O6. The van der Waals surface area contributed by atoms with Gasteiger partial charge in [-0.25, -0.2) is 0 Å². The average Bonchev–Trinajstić information content (AvgIpc) is 3.26. The summed E-state index contributed by atoms with van der Waals surface area (Å²) in [7, 11) is 1.44. The van der Waals surface area contributed by atoms with Crippen molar-refractivity contribution in [2.24, 2.45) is 0 Å². The molecule has 1 aliphatic rings. The molecule has 0 spiro atoms. The van der Waals surface area contributed by atoms with Crippen molar-refractivity contribution >= 4 is 23.2 Å². The third-order valence-corrected chi connectivity index (χ3v) is 5.10. The van der Waals surface area contributed by atoms with Crippen molar-refractivity contribution in [2.75, 3.05) is 26.8 Å². The number of nitro benzene ring substituents is 1. The number of hydrogen-bond donors (Lipinski definition) is 0. The molecule has 0 radical (unpaired) electrons. The van der Waals surface area contributed by atoms with Crippen LogP contribution in [0, 0.1) is 10.1 Å². The molecule has 1 amide bonds. The van der Waals surface area contributed by atoms with Gasteiger partial charge in [-0.3, -0.25) is 14.9 Å². The van der Waals surface area contributed by atoms with E-state index in [0.29, 0.717) is 24.4 Å². The molecule has 0 aliphatic carbocycles. The van der Waals surface area contributed by atoms with Gasteiger partial charge >= 0.3 is 5.69 Å². The van der Waals surface area contributed by atoms with Crippen LogP contribution in [0.4, 0.5) is 5.69 Å². The van der Waals surface area contributed by atoms with E-state index < -0.39 is 4.92 Å². The molecule has 3 rings (SSSR count). The van der Waals surface area contributed by atoms with Gasteiger partial charge in [0.05, 0.1) is 18.1 Å². The normalized spacial score (nSPS) is 15.6. The molecule has 1 aliphatic heterocycles. The lowest BCUT2D eigenvalue weighted by Gasteiger charge is -2.24. The molecular weight excluding hydrogens is 412 g/mol. The molecule has 0 bridgehead atoms. The number of amides is 1. The van der Waals surface area contributed by atoms with Crippen molar-refractivity contribution < 1.29 is 23.9 Å². The van der Waals surface area contributed by atoms with Crippen molar-refractivity contribution in [3.8, 4) is 17.2 Å². The number of benzene rings is 2. The molecule has 8 nitrogen and oxygen atoms in total. The predicted molar refractivity (Wildman–Crippen MR) is 112 cm³/mol. The lowest BCUT2D eigenvalue weighted by molar-refractivity contribution is -0.385. The van der Waals surface area contributed by atoms with E-state index in [1.807, 2.05) is 6.92 Å². The number of rotatable bonds is 8. The maximum Gasteiger partial charge on any atom is 0.313 e. The van der Waals surface area contributed by atoms with Gasteiger partial charge in [-0.15, -0.1) is 0 Å². The van der Waals surface area contributed by atoms with Crippen molar-refractivity contribution in [3.05, 3.63) is 57.1 Å². The number of likely N-dealkylation sites (N-methyl/N-ethyl adjacent to an activating group) is 1. The lowest BCUT2D eigenvalue weighted by Crippen LogP contribution is -2.37. The van der Waals surface area contributed by atoms with E-state index in [4.69, 9.17) is 25.8 Å². The van der Waals surface area contributed by atoms with E-state index in [1.54, 1.807) is 23.1 Å². The molecule has 160 valence electrons. The minimum absolute atomic E-state index is 0.0235. The van der Waals surface area contributed by atoms with Gasteiger partial charge in [-0.05, 0) is 50.1 Å². The van der Waals surface area contributed by atoms with E-state index >= 15 is 0 Å². The van der Waals surface area contributed by atoms with E-state index in [9.17, 15) is 14.9 Å². The molecule has 0 aromatic heterocycles. The summed E-state index contributed by atoms with van der Waals surface area (Å²) in [4.78, 5) is 25.4. The fraction of sp³-hybridized carbons (Fsp3) is 0.381. The van der Waals surface area contributed by atoms with Gasteiger partial charge in [0, 0.05) is 36.3 Å². The molecule has 1 heterocycles. The second-order valence-corrected chi connectivity index (χ2v) is 7.25. The first kappa shape index (κ1) is 21.9. The van der Waals surface area contributed by atoms with E-state index in [-0.39, 0.29) is 34.2 Å². The highest BCUT2D eigenvalue weighted by atomic mass is 35.5. The highest BCUT2D eigenvalue weighted by Crippen LogP contribution is 2.38. The Bertz CT molecular complexity index is 930. The van der Waals surface area contributed by atoms with Gasteiger partial charge in [0.25, 0.3) is 5.91 Å². The number of ether oxygens (including phenoxy) is 3. The van der Waals surface area contributed by atoms with E-state index in [0.717, 1.165) is 19.4 Å². The summed E-state index contributed by atoms with van der Waals surface area (Å²) in [5.41, 5.74) is 0.170. The zero-order valence-electron chi connectivity index (χ0n) is 16.8. The molecule has 1 unspecified atom stereocenters. The van der Waals surface area contributed by atoms with Crippen LogP contribution in [0.3, 0.4) is 0 Å². The van der Waals surface area contributed by atoms with Crippen LogP contribution in [-0.2, 0) is 4.74 Å². The van der Waals surface area contributed by atoms with Gasteiger partial charge < -0.3 is 19.1 Å². The molecule has 0 saturated carbocycles. The fourth-order valence-corrected chi connectivity index (χ4v) is 3.46. The zero-order valence-corrected chi connectivity index (χ0v) is 17.6. The molecule has 2 aromatic carbocycles. The maximum absolute atomic E-state index is 13.0. The molecule has 9 heteroatoms. The first-order valence-electron chi connectivity index (χ1n) is 9.63. The summed E-state index contributed by atoms with van der Waals surface area (Å²) in [6.07, 6.45) is 2.01. The monoisotopic (exact) mass is 434 g/mol. The van der Waals surface area contributed by atoms with Crippen LogP contribution in [-0.4, -0.2) is 48.6 Å². The number of halogens is 1. The van der Waals surface area contributed by atoms with E-state index in [2.05, 4.69) is 0 Å². The Morgan fingerprint density at radius 1 is 1.27 bits per heavy atom. The number of methoxy groups -OCH3 is 1. The molecule has 2 aromatic rings. The summed E-state index contributed by atoms with van der Waals surface area (Å²) in [6, 6.07) is 8.87. The van der Waals surface area contributed by atoms with Gasteiger partial charge in [0.1, 0.15) is 0 Å². The summed E-state index contributed by atoms with van der Waals surface area (Å²) in [5, 5.41) is 11.5. The highest BCUT2D eigenvalue weighted by molar-refractivity contribution is 6.30. The Morgan fingerprint density at radius 2 is 2.03 bits per heavy atom. The fourth-order valence-electron chi connectivity index (χ4n) is 3.30. The summed E-state index contributed by atoms with van der Waals surface area (Å²) >= 11 is 5.85. The highest BCUT2D eigenvalue weighted by Gasteiger charge is 2.24. The van der Waals surface area contributed by atoms with Crippen molar-refractivity contribution in [1.82, 2.24) is 4.90 Å². The van der Waals surface area contributed by atoms with Crippen LogP contribution in [0.5, 0.6) is 17.2 Å². The number of hydrogen-bond acceptors (Lipinski definition) is 6. The first-order valence-corrected chi connectivity index (χ1v) is 10.0. The quantitative estimate of drug-likeness (QED) is 0.442. The summed E-state index contributed by atoms with van der Waals surface area (Å²) in [6.45, 7) is 3.73. The second-order valence-electron chi connectivity index (χ2n) is 6.82. The van der Waals surface area contributed by atoms with Crippen LogP contribution in [0.2, 0.25) is 5.02 Å². The third-order valence-electron chi connectivity index (χ3n) is 4.87. The number of carbonyl (C=O) groups excluding carboxylic acids is 1. The molecule has 1 fully saturated rings. The van der Waals surface area contributed by atoms with Gasteiger partial charge in [0.15, 0.2) is 11.5 Å². The minimum atomic E-state index is -0.574. The Balaban J connectivity index is 1.82. The first-order chi connectivity index (χ1) is 14.4.